The minimum atomic E-state index is -0.420. The van der Waals surface area contributed by atoms with Crippen LogP contribution in [0.4, 0.5) is 0 Å². The zero-order chi connectivity index (χ0) is 14.9. The van der Waals surface area contributed by atoms with Crippen molar-refractivity contribution in [3.8, 4) is 0 Å². The fourth-order valence-electron chi connectivity index (χ4n) is 1.41. The second kappa shape index (κ2) is 8.91. The highest BCUT2D eigenvalue weighted by molar-refractivity contribution is 5.82. The van der Waals surface area contributed by atoms with Crippen molar-refractivity contribution < 1.29 is 14.7 Å². The van der Waals surface area contributed by atoms with Gasteiger partial charge in [-0.1, -0.05) is 27.7 Å². The number of carbonyl (C=O) groups excluding carboxylic acids is 2. The first-order chi connectivity index (χ1) is 8.77. The van der Waals surface area contributed by atoms with Gasteiger partial charge in [0.25, 0.3) is 0 Å². The number of hydrogen-bond donors (Lipinski definition) is 3. The molecule has 19 heavy (non-hydrogen) atoms. The van der Waals surface area contributed by atoms with E-state index in [0.717, 1.165) is 12.8 Å². The van der Waals surface area contributed by atoms with Crippen LogP contribution in [0.3, 0.4) is 0 Å². The molecule has 1 unspecified atom stereocenters. The predicted octanol–water partition coefficient (Wildman–Crippen LogP) is 1.06. The van der Waals surface area contributed by atoms with Crippen molar-refractivity contribution in [2.45, 2.75) is 47.0 Å². The molecule has 0 aromatic rings. The first-order valence-electron chi connectivity index (χ1n) is 6.93. The fraction of sp³-hybridized carbons (Fsp3) is 0.857. The molecule has 5 nitrogen and oxygen atoms in total. The van der Waals surface area contributed by atoms with Crippen molar-refractivity contribution in [1.29, 1.82) is 0 Å². The van der Waals surface area contributed by atoms with E-state index in [9.17, 15) is 9.59 Å². The van der Waals surface area contributed by atoms with Gasteiger partial charge in [-0.15, -0.1) is 0 Å². The molecule has 1 atom stereocenters. The number of amides is 2. The smallest absolute Gasteiger partial charge is 0.225 e. The summed E-state index contributed by atoms with van der Waals surface area (Å²) in [6, 6.07) is 0. The lowest BCUT2D eigenvalue weighted by molar-refractivity contribution is -0.128. The SMILES string of the molecule is CC(CO)CCCNC(=O)CCNC(=O)C(C)(C)C. The summed E-state index contributed by atoms with van der Waals surface area (Å²) in [4.78, 5) is 23.0. The normalized spacial score (nSPS) is 12.9. The van der Waals surface area contributed by atoms with Crippen LogP contribution in [-0.4, -0.2) is 36.6 Å². The van der Waals surface area contributed by atoms with Gasteiger partial charge in [-0.3, -0.25) is 9.59 Å². The topological polar surface area (TPSA) is 78.4 Å². The highest BCUT2D eigenvalue weighted by Gasteiger charge is 2.20. The molecule has 112 valence electrons. The number of hydrogen-bond acceptors (Lipinski definition) is 3. The van der Waals surface area contributed by atoms with Gasteiger partial charge in [0, 0.05) is 31.5 Å². The molecule has 0 rings (SSSR count). The maximum absolute atomic E-state index is 11.5. The van der Waals surface area contributed by atoms with Crippen LogP contribution >= 0.6 is 0 Å². The maximum atomic E-state index is 11.5. The highest BCUT2D eigenvalue weighted by Crippen LogP contribution is 2.12. The zero-order valence-electron chi connectivity index (χ0n) is 12.6. The third-order valence-electron chi connectivity index (χ3n) is 2.83. The Bertz CT molecular complexity index is 285. The quantitative estimate of drug-likeness (QED) is 0.578. The molecule has 0 aliphatic rings. The van der Waals surface area contributed by atoms with Crippen molar-refractivity contribution in [2.75, 3.05) is 19.7 Å². The molecule has 0 aliphatic carbocycles. The number of aliphatic hydroxyl groups excluding tert-OH is 1. The molecule has 0 bridgehead atoms. The van der Waals surface area contributed by atoms with E-state index >= 15 is 0 Å². The van der Waals surface area contributed by atoms with Gasteiger partial charge in [-0.2, -0.15) is 0 Å². The molecule has 3 N–H and O–H groups in total. The first-order valence-corrected chi connectivity index (χ1v) is 6.93. The number of aliphatic hydroxyl groups is 1. The fourth-order valence-corrected chi connectivity index (χ4v) is 1.41. The van der Waals surface area contributed by atoms with Crippen molar-refractivity contribution in [1.82, 2.24) is 10.6 Å². The molecule has 0 radical (unpaired) electrons. The van der Waals surface area contributed by atoms with E-state index < -0.39 is 5.41 Å². The summed E-state index contributed by atoms with van der Waals surface area (Å²) in [5.41, 5.74) is -0.420. The lowest BCUT2D eigenvalue weighted by Gasteiger charge is -2.17. The summed E-state index contributed by atoms with van der Waals surface area (Å²) in [5.74, 6) is 0.186. The molecule has 0 spiro atoms. The van der Waals surface area contributed by atoms with Gasteiger partial charge < -0.3 is 15.7 Å². The minimum absolute atomic E-state index is 0.0444. The van der Waals surface area contributed by atoms with Crippen molar-refractivity contribution in [2.24, 2.45) is 11.3 Å². The first kappa shape index (κ1) is 17.9. The molecule has 5 heteroatoms. The molecule has 0 aromatic carbocycles. The Morgan fingerprint density at radius 2 is 1.79 bits per heavy atom. The van der Waals surface area contributed by atoms with Crippen LogP contribution in [0.25, 0.3) is 0 Å². The van der Waals surface area contributed by atoms with Crippen LogP contribution in [0.15, 0.2) is 0 Å². The third kappa shape index (κ3) is 9.47. The second-order valence-corrected chi connectivity index (χ2v) is 6.04. The molecule has 0 saturated heterocycles. The average molecular weight is 272 g/mol. The van der Waals surface area contributed by atoms with Crippen LogP contribution in [0.2, 0.25) is 0 Å². The van der Waals surface area contributed by atoms with Crippen LogP contribution in [0.5, 0.6) is 0 Å². The highest BCUT2D eigenvalue weighted by atomic mass is 16.3. The van der Waals surface area contributed by atoms with Gasteiger partial charge in [0.15, 0.2) is 0 Å². The van der Waals surface area contributed by atoms with Gasteiger partial charge >= 0.3 is 0 Å². The number of nitrogens with one attached hydrogen (secondary N) is 2. The Hall–Kier alpha value is -1.10. The molecular formula is C14H28N2O3. The number of carbonyl (C=O) groups is 2. The summed E-state index contributed by atoms with van der Waals surface area (Å²) in [6.45, 7) is 8.67. The summed E-state index contributed by atoms with van der Waals surface area (Å²) in [6.07, 6.45) is 2.07. The lowest BCUT2D eigenvalue weighted by atomic mass is 9.96. The van der Waals surface area contributed by atoms with Crippen LogP contribution < -0.4 is 10.6 Å². The maximum Gasteiger partial charge on any atom is 0.225 e. The Morgan fingerprint density at radius 1 is 1.16 bits per heavy atom. The second-order valence-electron chi connectivity index (χ2n) is 6.04. The van der Waals surface area contributed by atoms with E-state index in [-0.39, 0.29) is 24.3 Å². The summed E-state index contributed by atoms with van der Waals surface area (Å²) in [5, 5.41) is 14.4. The Morgan fingerprint density at radius 3 is 2.32 bits per heavy atom. The van der Waals surface area contributed by atoms with Crippen molar-refractivity contribution >= 4 is 11.8 Å². The van der Waals surface area contributed by atoms with Crippen LogP contribution in [0, 0.1) is 11.3 Å². The Kier molecular flexibility index (Phi) is 8.39. The third-order valence-corrected chi connectivity index (χ3v) is 2.83. The van der Waals surface area contributed by atoms with Gasteiger partial charge in [0.1, 0.15) is 0 Å². The molecule has 0 aliphatic heterocycles. The van der Waals surface area contributed by atoms with Crippen molar-refractivity contribution in [3.63, 3.8) is 0 Å². The molecule has 0 aromatic heterocycles. The summed E-state index contributed by atoms with van der Waals surface area (Å²) < 4.78 is 0. The van der Waals surface area contributed by atoms with Gasteiger partial charge in [0.05, 0.1) is 0 Å². The van der Waals surface area contributed by atoms with E-state index in [4.69, 9.17) is 5.11 Å². The zero-order valence-corrected chi connectivity index (χ0v) is 12.6. The van der Waals surface area contributed by atoms with Gasteiger partial charge in [0.2, 0.25) is 11.8 Å². The molecule has 0 heterocycles. The van der Waals surface area contributed by atoms with Crippen molar-refractivity contribution in [3.05, 3.63) is 0 Å². The van der Waals surface area contributed by atoms with E-state index in [1.165, 1.54) is 0 Å². The standard InChI is InChI=1S/C14H28N2O3/c1-11(10-17)6-5-8-15-12(18)7-9-16-13(19)14(2,3)4/h11,17H,5-10H2,1-4H3,(H,15,18)(H,16,19). The largest absolute Gasteiger partial charge is 0.396 e. The van der Waals surface area contributed by atoms with Crippen LogP contribution in [0.1, 0.15) is 47.0 Å². The van der Waals surface area contributed by atoms with E-state index in [0.29, 0.717) is 19.5 Å². The molecule has 0 saturated carbocycles. The monoisotopic (exact) mass is 272 g/mol. The summed E-state index contributed by atoms with van der Waals surface area (Å²) in [7, 11) is 0. The van der Waals surface area contributed by atoms with Crippen LogP contribution in [-0.2, 0) is 9.59 Å². The number of rotatable bonds is 8. The Balaban J connectivity index is 3.58. The van der Waals surface area contributed by atoms with E-state index in [1.54, 1.807) is 0 Å². The Labute approximate surface area is 116 Å². The average Bonchev–Trinajstić information content (AvgIpc) is 2.32. The predicted molar refractivity (Wildman–Crippen MR) is 75.6 cm³/mol. The van der Waals surface area contributed by atoms with E-state index in [2.05, 4.69) is 10.6 Å². The van der Waals surface area contributed by atoms with Gasteiger partial charge in [-0.05, 0) is 18.8 Å². The molecule has 0 fully saturated rings. The summed E-state index contributed by atoms with van der Waals surface area (Å²) >= 11 is 0. The minimum Gasteiger partial charge on any atom is -0.396 e. The van der Waals surface area contributed by atoms with Gasteiger partial charge in [-0.25, -0.2) is 0 Å². The van der Waals surface area contributed by atoms with E-state index in [1.807, 2.05) is 27.7 Å². The molecular weight excluding hydrogens is 244 g/mol. The lowest BCUT2D eigenvalue weighted by Crippen LogP contribution is -2.37. The molecule has 2 amide bonds.